The lowest BCUT2D eigenvalue weighted by molar-refractivity contribution is -0.141. The summed E-state index contributed by atoms with van der Waals surface area (Å²) in [6, 6.07) is 3.99. The van der Waals surface area contributed by atoms with E-state index in [-0.39, 0.29) is 5.92 Å². The van der Waals surface area contributed by atoms with E-state index in [4.69, 9.17) is 5.11 Å². The van der Waals surface area contributed by atoms with E-state index in [2.05, 4.69) is 14.8 Å². The molecule has 1 saturated heterocycles. The second-order valence-corrected chi connectivity index (χ2v) is 5.88. The van der Waals surface area contributed by atoms with Gasteiger partial charge in [-0.05, 0) is 43.6 Å². The molecule has 1 aromatic rings. The molecule has 0 amide bonds. The summed E-state index contributed by atoms with van der Waals surface area (Å²) < 4.78 is 0. The van der Waals surface area contributed by atoms with Crippen molar-refractivity contribution in [2.45, 2.75) is 26.3 Å². The minimum atomic E-state index is -0.726. The summed E-state index contributed by atoms with van der Waals surface area (Å²) in [6.45, 7) is 7.45. The topological polar surface area (TPSA) is 56.7 Å². The molecule has 1 aromatic heterocycles. The van der Waals surface area contributed by atoms with Crippen LogP contribution in [0.1, 0.15) is 25.3 Å². The summed E-state index contributed by atoms with van der Waals surface area (Å²) in [5, 5.41) is 9.13. The van der Waals surface area contributed by atoms with E-state index in [9.17, 15) is 4.79 Å². The highest BCUT2D eigenvalue weighted by Gasteiger charge is 2.18. The number of likely N-dealkylation sites (tertiary alicyclic amines) is 1. The molecule has 1 atom stereocenters. The van der Waals surface area contributed by atoms with E-state index in [1.54, 1.807) is 19.3 Å². The molecule has 0 spiro atoms. The minimum Gasteiger partial charge on any atom is -0.481 e. The van der Waals surface area contributed by atoms with Gasteiger partial charge in [-0.15, -0.1) is 0 Å². The number of hydrogen-bond donors (Lipinski definition) is 1. The van der Waals surface area contributed by atoms with Gasteiger partial charge in [-0.25, -0.2) is 0 Å². The van der Waals surface area contributed by atoms with Crippen LogP contribution in [0.25, 0.3) is 0 Å². The number of carboxylic acid groups (broad SMARTS) is 1. The van der Waals surface area contributed by atoms with Crippen LogP contribution in [0, 0.1) is 5.92 Å². The monoisotopic (exact) mass is 291 g/mol. The first-order chi connectivity index (χ1) is 10.1. The van der Waals surface area contributed by atoms with Crippen molar-refractivity contribution < 1.29 is 9.90 Å². The highest BCUT2D eigenvalue weighted by atomic mass is 16.4. The van der Waals surface area contributed by atoms with Crippen molar-refractivity contribution in [3.05, 3.63) is 30.1 Å². The SMILES string of the molecule is CC(CN(CCN1CCCC1)Cc1ccncc1)C(=O)O. The first kappa shape index (κ1) is 15.9. The number of aromatic nitrogens is 1. The Morgan fingerprint density at radius 1 is 1.38 bits per heavy atom. The van der Waals surface area contributed by atoms with Crippen molar-refractivity contribution in [2.75, 3.05) is 32.7 Å². The molecule has 1 N–H and O–H groups in total. The smallest absolute Gasteiger partial charge is 0.307 e. The molecule has 21 heavy (non-hydrogen) atoms. The highest BCUT2D eigenvalue weighted by Crippen LogP contribution is 2.10. The second kappa shape index (κ2) is 8.10. The van der Waals surface area contributed by atoms with Crippen molar-refractivity contribution in [3.8, 4) is 0 Å². The Kier molecular flexibility index (Phi) is 6.14. The lowest BCUT2D eigenvalue weighted by Crippen LogP contribution is -2.37. The van der Waals surface area contributed by atoms with Gasteiger partial charge in [-0.3, -0.25) is 14.7 Å². The molecule has 2 heterocycles. The molecule has 1 unspecified atom stereocenters. The van der Waals surface area contributed by atoms with Crippen LogP contribution < -0.4 is 0 Å². The molecular formula is C16H25N3O2. The van der Waals surface area contributed by atoms with Crippen molar-refractivity contribution in [1.82, 2.24) is 14.8 Å². The standard InChI is InChI=1S/C16H25N3O2/c1-14(16(20)21)12-19(11-10-18-8-2-3-9-18)13-15-4-6-17-7-5-15/h4-7,14H,2-3,8-13H2,1H3,(H,20,21). The van der Waals surface area contributed by atoms with Gasteiger partial charge in [0.25, 0.3) is 0 Å². The minimum absolute atomic E-state index is 0.342. The van der Waals surface area contributed by atoms with Crippen LogP contribution in [0.15, 0.2) is 24.5 Å². The Morgan fingerprint density at radius 2 is 2.05 bits per heavy atom. The summed E-state index contributed by atoms with van der Waals surface area (Å²) >= 11 is 0. The van der Waals surface area contributed by atoms with Crippen LogP contribution in [-0.2, 0) is 11.3 Å². The van der Waals surface area contributed by atoms with Crippen molar-refractivity contribution in [2.24, 2.45) is 5.92 Å². The van der Waals surface area contributed by atoms with E-state index in [1.807, 2.05) is 12.1 Å². The van der Waals surface area contributed by atoms with Crippen molar-refractivity contribution in [3.63, 3.8) is 0 Å². The molecule has 2 rings (SSSR count). The fraction of sp³-hybridized carbons (Fsp3) is 0.625. The zero-order valence-electron chi connectivity index (χ0n) is 12.7. The van der Waals surface area contributed by atoms with Gasteiger partial charge in [0.1, 0.15) is 0 Å². The number of aliphatic carboxylic acids is 1. The van der Waals surface area contributed by atoms with Gasteiger partial charge in [-0.1, -0.05) is 6.92 Å². The zero-order chi connectivity index (χ0) is 15.1. The van der Waals surface area contributed by atoms with E-state index >= 15 is 0 Å². The molecule has 0 radical (unpaired) electrons. The third-order valence-corrected chi connectivity index (χ3v) is 4.04. The van der Waals surface area contributed by atoms with E-state index in [0.29, 0.717) is 6.54 Å². The summed E-state index contributed by atoms with van der Waals surface area (Å²) in [5.41, 5.74) is 1.18. The largest absolute Gasteiger partial charge is 0.481 e. The highest BCUT2D eigenvalue weighted by molar-refractivity contribution is 5.69. The first-order valence-corrected chi connectivity index (χ1v) is 7.71. The molecule has 1 aliphatic rings. The normalized spacial score (nSPS) is 17.2. The number of hydrogen-bond acceptors (Lipinski definition) is 4. The lowest BCUT2D eigenvalue weighted by Gasteiger charge is -2.26. The summed E-state index contributed by atoms with van der Waals surface area (Å²) in [4.78, 5) is 19.8. The molecule has 5 heteroatoms. The Labute approximate surface area is 126 Å². The lowest BCUT2D eigenvalue weighted by atomic mass is 10.1. The quantitative estimate of drug-likeness (QED) is 0.790. The Balaban J connectivity index is 1.90. The van der Waals surface area contributed by atoms with Gasteiger partial charge >= 0.3 is 5.97 Å². The van der Waals surface area contributed by atoms with Crippen molar-refractivity contribution >= 4 is 5.97 Å². The molecule has 0 bridgehead atoms. The molecular weight excluding hydrogens is 266 g/mol. The number of carboxylic acids is 1. The molecule has 0 saturated carbocycles. The maximum absolute atomic E-state index is 11.1. The predicted molar refractivity (Wildman–Crippen MR) is 82.0 cm³/mol. The van der Waals surface area contributed by atoms with E-state index < -0.39 is 5.97 Å². The molecule has 1 fully saturated rings. The van der Waals surface area contributed by atoms with E-state index in [1.165, 1.54) is 31.5 Å². The van der Waals surface area contributed by atoms with Crippen LogP contribution in [0.4, 0.5) is 0 Å². The average molecular weight is 291 g/mol. The van der Waals surface area contributed by atoms with Gasteiger partial charge in [0.15, 0.2) is 0 Å². The maximum atomic E-state index is 11.1. The van der Waals surface area contributed by atoms with Crippen LogP contribution >= 0.6 is 0 Å². The van der Waals surface area contributed by atoms with Gasteiger partial charge in [0.05, 0.1) is 5.92 Å². The van der Waals surface area contributed by atoms with Gasteiger partial charge in [-0.2, -0.15) is 0 Å². The van der Waals surface area contributed by atoms with Crippen LogP contribution in [0.3, 0.4) is 0 Å². The van der Waals surface area contributed by atoms with Crippen LogP contribution in [0.2, 0.25) is 0 Å². The van der Waals surface area contributed by atoms with Gasteiger partial charge in [0.2, 0.25) is 0 Å². The number of carbonyl (C=O) groups is 1. The number of rotatable bonds is 8. The molecule has 0 aliphatic carbocycles. The Bertz CT molecular complexity index is 432. The molecule has 1 aliphatic heterocycles. The first-order valence-electron chi connectivity index (χ1n) is 7.71. The fourth-order valence-electron chi connectivity index (χ4n) is 2.74. The van der Waals surface area contributed by atoms with Crippen LogP contribution in [-0.4, -0.2) is 58.6 Å². The fourth-order valence-corrected chi connectivity index (χ4v) is 2.74. The Morgan fingerprint density at radius 3 is 2.67 bits per heavy atom. The molecule has 0 aromatic carbocycles. The zero-order valence-corrected chi connectivity index (χ0v) is 12.7. The van der Waals surface area contributed by atoms with Gasteiger partial charge in [0, 0.05) is 38.6 Å². The second-order valence-electron chi connectivity index (χ2n) is 5.88. The van der Waals surface area contributed by atoms with E-state index in [0.717, 1.165) is 19.6 Å². The Hall–Kier alpha value is -1.46. The maximum Gasteiger partial charge on any atom is 0.307 e. The van der Waals surface area contributed by atoms with Crippen LogP contribution in [0.5, 0.6) is 0 Å². The van der Waals surface area contributed by atoms with Crippen molar-refractivity contribution in [1.29, 1.82) is 0 Å². The third kappa shape index (κ3) is 5.44. The average Bonchev–Trinajstić information content (AvgIpc) is 2.99. The molecule has 5 nitrogen and oxygen atoms in total. The summed E-state index contributed by atoms with van der Waals surface area (Å²) in [7, 11) is 0. The summed E-state index contributed by atoms with van der Waals surface area (Å²) in [6.07, 6.45) is 6.15. The number of nitrogens with zero attached hydrogens (tertiary/aromatic N) is 3. The predicted octanol–water partition coefficient (Wildman–Crippen LogP) is 1.70. The van der Waals surface area contributed by atoms with Gasteiger partial charge < -0.3 is 10.0 Å². The molecule has 116 valence electrons. The third-order valence-electron chi connectivity index (χ3n) is 4.04. The number of pyridine rings is 1. The summed E-state index contributed by atoms with van der Waals surface area (Å²) in [5.74, 6) is -1.07.